The van der Waals surface area contributed by atoms with Gasteiger partial charge < -0.3 is 5.32 Å². The summed E-state index contributed by atoms with van der Waals surface area (Å²) in [4.78, 5) is 0. The number of aryl methyl sites for hydroxylation is 1. The highest BCUT2D eigenvalue weighted by molar-refractivity contribution is 7.80. The topological polar surface area (TPSA) is 36.4 Å². The molecule has 2 N–H and O–H groups in total. The Morgan fingerprint density at radius 3 is 2.55 bits per heavy atom. The molecule has 3 nitrogen and oxygen atoms in total. The van der Waals surface area contributed by atoms with Crippen LogP contribution < -0.4 is 10.7 Å². The number of hydrogen-bond acceptors (Lipinski definition) is 2. The van der Waals surface area contributed by atoms with Crippen molar-refractivity contribution < 1.29 is 0 Å². The van der Waals surface area contributed by atoms with Gasteiger partial charge in [-0.15, -0.1) is 0 Å². The SMILES string of the molecule is Cc1ccc(NC(=S)N/N=C2\CC(C)CCC2C(C)C)cc1. The van der Waals surface area contributed by atoms with Crippen LogP contribution in [0.1, 0.15) is 45.6 Å². The number of nitrogens with zero attached hydrogens (tertiary/aromatic N) is 1. The first-order chi connectivity index (χ1) is 10.5. The monoisotopic (exact) mass is 317 g/mol. The van der Waals surface area contributed by atoms with Crippen LogP contribution in [0.25, 0.3) is 0 Å². The predicted molar refractivity (Wildman–Crippen MR) is 99.3 cm³/mol. The smallest absolute Gasteiger partial charge is 0.191 e. The fraction of sp³-hybridized carbons (Fsp3) is 0.556. The Morgan fingerprint density at radius 2 is 1.91 bits per heavy atom. The van der Waals surface area contributed by atoms with E-state index in [0.29, 0.717) is 22.9 Å². The molecular formula is C18H27N3S. The fourth-order valence-electron chi connectivity index (χ4n) is 3.01. The van der Waals surface area contributed by atoms with Crippen molar-refractivity contribution in [3.63, 3.8) is 0 Å². The second-order valence-electron chi connectivity index (χ2n) is 6.77. The van der Waals surface area contributed by atoms with E-state index in [9.17, 15) is 0 Å². The molecule has 1 aromatic rings. The lowest BCUT2D eigenvalue weighted by atomic mass is 9.76. The molecule has 22 heavy (non-hydrogen) atoms. The average Bonchev–Trinajstić information content (AvgIpc) is 2.47. The van der Waals surface area contributed by atoms with Gasteiger partial charge in [0.15, 0.2) is 5.11 Å². The molecule has 0 saturated heterocycles. The van der Waals surface area contributed by atoms with Gasteiger partial charge in [0.25, 0.3) is 0 Å². The molecule has 2 rings (SSSR count). The van der Waals surface area contributed by atoms with Crippen molar-refractivity contribution in [3.8, 4) is 0 Å². The normalized spacial score (nSPS) is 23.6. The summed E-state index contributed by atoms with van der Waals surface area (Å²) in [5.74, 6) is 1.92. The summed E-state index contributed by atoms with van der Waals surface area (Å²) in [6.07, 6.45) is 3.61. The van der Waals surface area contributed by atoms with Crippen molar-refractivity contribution in [2.24, 2.45) is 22.9 Å². The van der Waals surface area contributed by atoms with Gasteiger partial charge in [0.1, 0.15) is 0 Å². The Hall–Kier alpha value is -1.42. The van der Waals surface area contributed by atoms with Crippen LogP contribution in [0.2, 0.25) is 0 Å². The molecule has 0 amide bonds. The predicted octanol–water partition coefficient (Wildman–Crippen LogP) is 4.73. The van der Waals surface area contributed by atoms with Crippen molar-refractivity contribution in [2.45, 2.75) is 47.0 Å². The van der Waals surface area contributed by atoms with Crippen LogP contribution in [0.4, 0.5) is 5.69 Å². The maximum Gasteiger partial charge on any atom is 0.191 e. The number of hydrogen-bond donors (Lipinski definition) is 2. The van der Waals surface area contributed by atoms with E-state index in [4.69, 9.17) is 12.2 Å². The minimum absolute atomic E-state index is 0.553. The maximum absolute atomic E-state index is 5.34. The minimum Gasteiger partial charge on any atom is -0.331 e. The lowest BCUT2D eigenvalue weighted by Gasteiger charge is -2.30. The lowest BCUT2D eigenvalue weighted by Crippen LogP contribution is -2.32. The number of benzene rings is 1. The number of thiocarbonyl (C=S) groups is 1. The van der Waals surface area contributed by atoms with Crippen LogP contribution in [0.3, 0.4) is 0 Å². The molecule has 0 aromatic heterocycles. The number of hydrazone groups is 1. The maximum atomic E-state index is 5.34. The van der Waals surface area contributed by atoms with Crippen molar-refractivity contribution in [2.75, 3.05) is 5.32 Å². The molecule has 0 bridgehead atoms. The molecular weight excluding hydrogens is 290 g/mol. The largest absolute Gasteiger partial charge is 0.331 e. The van der Waals surface area contributed by atoms with E-state index < -0.39 is 0 Å². The summed E-state index contributed by atoms with van der Waals surface area (Å²) in [6, 6.07) is 8.18. The Balaban J connectivity index is 1.96. The van der Waals surface area contributed by atoms with Crippen LogP contribution in [0.5, 0.6) is 0 Å². The van der Waals surface area contributed by atoms with Crippen molar-refractivity contribution in [1.82, 2.24) is 5.43 Å². The van der Waals surface area contributed by atoms with Gasteiger partial charge in [0, 0.05) is 17.3 Å². The molecule has 0 aliphatic heterocycles. The number of rotatable bonds is 3. The lowest BCUT2D eigenvalue weighted by molar-refractivity contribution is 0.363. The third-order valence-corrected chi connectivity index (χ3v) is 4.56. The minimum atomic E-state index is 0.553. The van der Waals surface area contributed by atoms with Gasteiger partial charge in [-0.05, 0) is 62.4 Å². The third kappa shape index (κ3) is 4.80. The first-order valence-electron chi connectivity index (χ1n) is 8.16. The first-order valence-corrected chi connectivity index (χ1v) is 8.56. The Kier molecular flexibility index (Phi) is 5.95. The summed E-state index contributed by atoms with van der Waals surface area (Å²) < 4.78 is 0. The quantitative estimate of drug-likeness (QED) is 0.625. The van der Waals surface area contributed by atoms with Crippen molar-refractivity contribution in [1.29, 1.82) is 0 Å². The van der Waals surface area contributed by atoms with E-state index in [-0.39, 0.29) is 0 Å². The molecule has 0 heterocycles. The summed E-state index contributed by atoms with van der Waals surface area (Å²) >= 11 is 5.34. The molecule has 0 spiro atoms. The van der Waals surface area contributed by atoms with E-state index in [1.54, 1.807) is 0 Å². The van der Waals surface area contributed by atoms with Gasteiger partial charge in [-0.2, -0.15) is 5.10 Å². The third-order valence-electron chi connectivity index (χ3n) is 4.37. The van der Waals surface area contributed by atoms with Gasteiger partial charge in [0.05, 0.1) is 0 Å². The van der Waals surface area contributed by atoms with Crippen molar-refractivity contribution in [3.05, 3.63) is 29.8 Å². The van der Waals surface area contributed by atoms with Crippen LogP contribution >= 0.6 is 12.2 Å². The molecule has 1 aliphatic carbocycles. The molecule has 1 saturated carbocycles. The van der Waals surface area contributed by atoms with Crippen LogP contribution in [0, 0.1) is 24.7 Å². The highest BCUT2D eigenvalue weighted by Crippen LogP contribution is 2.31. The standard InChI is InChI=1S/C18H27N3S/c1-12(2)16-10-7-14(4)11-17(16)20-21-18(22)19-15-8-5-13(3)6-9-15/h5-6,8-9,12,14,16H,7,10-11H2,1-4H3,(H2,19,21,22)/b20-17+. The van der Waals surface area contributed by atoms with Crippen LogP contribution in [0.15, 0.2) is 29.4 Å². The molecule has 4 heteroatoms. The summed E-state index contributed by atoms with van der Waals surface area (Å²) in [5, 5.41) is 8.34. The van der Waals surface area contributed by atoms with Gasteiger partial charge in [-0.1, -0.05) is 38.5 Å². The van der Waals surface area contributed by atoms with Gasteiger partial charge in [-0.3, -0.25) is 5.43 Å². The molecule has 1 fully saturated rings. The molecule has 1 aromatic carbocycles. The molecule has 120 valence electrons. The van der Waals surface area contributed by atoms with Crippen LogP contribution in [-0.4, -0.2) is 10.8 Å². The van der Waals surface area contributed by atoms with Gasteiger partial charge in [0.2, 0.25) is 0 Å². The average molecular weight is 318 g/mol. The zero-order valence-corrected chi connectivity index (χ0v) is 14.8. The summed E-state index contributed by atoms with van der Waals surface area (Å²) in [6.45, 7) is 8.93. The Morgan fingerprint density at radius 1 is 1.23 bits per heavy atom. The van der Waals surface area contributed by atoms with E-state index >= 15 is 0 Å². The van der Waals surface area contributed by atoms with Crippen molar-refractivity contribution >= 4 is 28.7 Å². The molecule has 2 atom stereocenters. The Bertz CT molecular complexity index is 534. The van der Waals surface area contributed by atoms with Crippen LogP contribution in [-0.2, 0) is 0 Å². The molecule has 0 radical (unpaired) electrons. The highest BCUT2D eigenvalue weighted by atomic mass is 32.1. The number of nitrogens with one attached hydrogen (secondary N) is 2. The zero-order valence-electron chi connectivity index (χ0n) is 14.0. The van der Waals surface area contributed by atoms with E-state index in [1.807, 2.05) is 12.1 Å². The molecule has 1 aliphatic rings. The second kappa shape index (κ2) is 7.73. The van der Waals surface area contributed by atoms with Gasteiger partial charge >= 0.3 is 0 Å². The fourth-order valence-corrected chi connectivity index (χ4v) is 3.17. The zero-order chi connectivity index (χ0) is 16.1. The van der Waals surface area contributed by atoms with E-state index in [2.05, 4.69) is 55.7 Å². The first kappa shape index (κ1) is 16.9. The summed E-state index contributed by atoms with van der Waals surface area (Å²) in [5.41, 5.74) is 6.52. The van der Waals surface area contributed by atoms with E-state index in [1.165, 1.54) is 24.1 Å². The second-order valence-corrected chi connectivity index (χ2v) is 7.18. The number of anilines is 1. The van der Waals surface area contributed by atoms with Gasteiger partial charge in [-0.25, -0.2) is 0 Å². The Labute approximate surface area is 139 Å². The molecule has 2 unspecified atom stereocenters. The summed E-state index contributed by atoms with van der Waals surface area (Å²) in [7, 11) is 0. The van der Waals surface area contributed by atoms with E-state index in [0.717, 1.165) is 12.1 Å². The highest BCUT2D eigenvalue weighted by Gasteiger charge is 2.27.